The molecule has 1 heterocycles. The number of halogens is 1. The number of rotatable bonds is 1. The van der Waals surface area contributed by atoms with E-state index in [1.165, 1.54) is 12.1 Å². The van der Waals surface area contributed by atoms with Crippen LogP contribution in [-0.2, 0) is 0 Å². The van der Waals surface area contributed by atoms with Gasteiger partial charge in [0.25, 0.3) is 5.91 Å². The summed E-state index contributed by atoms with van der Waals surface area (Å²) in [4.78, 5) is 14.3. The van der Waals surface area contributed by atoms with E-state index in [4.69, 9.17) is 5.11 Å². The van der Waals surface area contributed by atoms with Gasteiger partial charge in [0, 0.05) is 18.2 Å². The summed E-state index contributed by atoms with van der Waals surface area (Å²) >= 11 is 0. The molecule has 0 aliphatic carbocycles. The van der Waals surface area contributed by atoms with Gasteiger partial charge in [0.2, 0.25) is 0 Å². The summed E-state index contributed by atoms with van der Waals surface area (Å²) in [5.74, 6) is 4.72. The summed E-state index contributed by atoms with van der Waals surface area (Å²) in [6, 6.07) is 4.47. The second-order valence-corrected chi connectivity index (χ2v) is 5.64. The zero-order valence-electron chi connectivity index (χ0n) is 12.4. The van der Waals surface area contributed by atoms with Gasteiger partial charge in [-0.05, 0) is 43.9 Å². The van der Waals surface area contributed by atoms with Crippen molar-refractivity contribution in [3.05, 3.63) is 35.1 Å². The van der Waals surface area contributed by atoms with Crippen LogP contribution in [0.4, 0.5) is 4.39 Å². The van der Waals surface area contributed by atoms with E-state index in [9.17, 15) is 9.18 Å². The van der Waals surface area contributed by atoms with E-state index in [0.29, 0.717) is 18.0 Å². The zero-order valence-corrected chi connectivity index (χ0v) is 12.4. The Labute approximate surface area is 124 Å². The Morgan fingerprint density at radius 2 is 2.19 bits per heavy atom. The molecule has 0 aromatic heterocycles. The standard InChI is InChI=1S/C17H20FNO2/c1-12-5-6-13(2)19(11-12)17(21)15-8-7-14(4-3-9-20)10-16(15)18/h7-8,10,12-13,20H,5-6,9,11H2,1-2H3. The molecule has 1 aromatic carbocycles. The van der Waals surface area contributed by atoms with Crippen molar-refractivity contribution in [2.45, 2.75) is 32.7 Å². The number of carbonyl (C=O) groups is 1. The normalized spacial score (nSPS) is 21.6. The molecule has 1 aromatic rings. The number of aliphatic hydroxyl groups is 1. The van der Waals surface area contributed by atoms with Gasteiger partial charge in [-0.25, -0.2) is 4.39 Å². The van der Waals surface area contributed by atoms with Crippen LogP contribution in [0.5, 0.6) is 0 Å². The number of aliphatic hydroxyl groups excluding tert-OH is 1. The predicted octanol–water partition coefficient (Wildman–Crippen LogP) is 2.43. The molecule has 112 valence electrons. The summed E-state index contributed by atoms with van der Waals surface area (Å²) in [7, 11) is 0. The van der Waals surface area contributed by atoms with Gasteiger partial charge in [-0.2, -0.15) is 0 Å². The molecule has 1 amide bonds. The van der Waals surface area contributed by atoms with Crippen molar-refractivity contribution in [1.82, 2.24) is 4.90 Å². The fourth-order valence-corrected chi connectivity index (χ4v) is 2.63. The van der Waals surface area contributed by atoms with Gasteiger partial charge in [-0.15, -0.1) is 0 Å². The predicted molar refractivity (Wildman–Crippen MR) is 79.3 cm³/mol. The summed E-state index contributed by atoms with van der Waals surface area (Å²) in [5.41, 5.74) is 0.545. The molecule has 21 heavy (non-hydrogen) atoms. The molecule has 0 radical (unpaired) electrons. The lowest BCUT2D eigenvalue weighted by atomic mass is 9.94. The Morgan fingerprint density at radius 1 is 1.43 bits per heavy atom. The second-order valence-electron chi connectivity index (χ2n) is 5.64. The molecule has 2 rings (SSSR count). The maximum Gasteiger partial charge on any atom is 0.257 e. The van der Waals surface area contributed by atoms with Crippen molar-refractivity contribution in [2.75, 3.05) is 13.2 Å². The maximum atomic E-state index is 14.1. The molecule has 2 unspecified atom stereocenters. The Bertz CT molecular complexity index is 588. The first-order valence-corrected chi connectivity index (χ1v) is 7.23. The lowest BCUT2D eigenvalue weighted by molar-refractivity contribution is 0.0569. The van der Waals surface area contributed by atoms with Crippen LogP contribution >= 0.6 is 0 Å². The highest BCUT2D eigenvalue weighted by atomic mass is 19.1. The van der Waals surface area contributed by atoms with Crippen LogP contribution < -0.4 is 0 Å². The molecule has 4 heteroatoms. The fraction of sp³-hybridized carbons (Fsp3) is 0.471. The number of likely N-dealkylation sites (tertiary alicyclic amines) is 1. The van der Waals surface area contributed by atoms with E-state index in [1.54, 1.807) is 11.0 Å². The summed E-state index contributed by atoms with van der Waals surface area (Å²) in [6.07, 6.45) is 2.05. The Kier molecular flexibility index (Phi) is 4.98. The molecular formula is C17H20FNO2. The van der Waals surface area contributed by atoms with Crippen LogP contribution in [0.15, 0.2) is 18.2 Å². The number of piperidine rings is 1. The first-order chi connectivity index (χ1) is 10.0. The van der Waals surface area contributed by atoms with Gasteiger partial charge in [-0.3, -0.25) is 4.79 Å². The topological polar surface area (TPSA) is 40.5 Å². The number of nitrogens with zero attached hydrogens (tertiary/aromatic N) is 1. The third-order valence-electron chi connectivity index (χ3n) is 3.89. The van der Waals surface area contributed by atoms with E-state index in [-0.39, 0.29) is 24.1 Å². The average molecular weight is 289 g/mol. The van der Waals surface area contributed by atoms with Gasteiger partial charge in [0.15, 0.2) is 0 Å². The Morgan fingerprint density at radius 3 is 2.86 bits per heavy atom. The van der Waals surface area contributed by atoms with Crippen molar-refractivity contribution in [3.8, 4) is 11.8 Å². The molecule has 0 spiro atoms. The van der Waals surface area contributed by atoms with Crippen LogP contribution in [0.3, 0.4) is 0 Å². The Balaban J connectivity index is 2.22. The number of carbonyl (C=O) groups excluding carboxylic acids is 1. The smallest absolute Gasteiger partial charge is 0.257 e. The van der Waals surface area contributed by atoms with Gasteiger partial charge in [0.1, 0.15) is 12.4 Å². The Hall–Kier alpha value is -1.86. The number of hydrogen-bond donors (Lipinski definition) is 1. The molecule has 1 fully saturated rings. The molecule has 1 N–H and O–H groups in total. The van der Waals surface area contributed by atoms with E-state index in [1.807, 2.05) is 6.92 Å². The summed E-state index contributed by atoms with van der Waals surface area (Å²) in [6.45, 7) is 4.51. The van der Waals surface area contributed by atoms with E-state index >= 15 is 0 Å². The second kappa shape index (κ2) is 6.73. The minimum absolute atomic E-state index is 0.0884. The van der Waals surface area contributed by atoms with Crippen molar-refractivity contribution in [1.29, 1.82) is 0 Å². The quantitative estimate of drug-likeness (QED) is 0.807. The van der Waals surface area contributed by atoms with E-state index in [2.05, 4.69) is 18.8 Å². The largest absolute Gasteiger partial charge is 0.384 e. The lowest BCUT2D eigenvalue weighted by Crippen LogP contribution is -2.45. The van der Waals surface area contributed by atoms with Gasteiger partial charge >= 0.3 is 0 Å². The number of amides is 1. The molecule has 2 atom stereocenters. The molecule has 1 saturated heterocycles. The van der Waals surface area contributed by atoms with E-state index < -0.39 is 5.82 Å². The molecule has 0 saturated carbocycles. The minimum Gasteiger partial charge on any atom is -0.384 e. The molecule has 0 bridgehead atoms. The number of benzene rings is 1. The van der Waals surface area contributed by atoms with Crippen molar-refractivity contribution >= 4 is 5.91 Å². The zero-order chi connectivity index (χ0) is 15.4. The van der Waals surface area contributed by atoms with Crippen LogP contribution in [0.1, 0.15) is 42.6 Å². The fourth-order valence-electron chi connectivity index (χ4n) is 2.63. The highest BCUT2D eigenvalue weighted by Crippen LogP contribution is 2.24. The third kappa shape index (κ3) is 3.62. The maximum absolute atomic E-state index is 14.1. The van der Waals surface area contributed by atoms with Crippen LogP contribution in [0.25, 0.3) is 0 Å². The molecule has 3 nitrogen and oxygen atoms in total. The molecule has 1 aliphatic rings. The molecule has 1 aliphatic heterocycles. The molecular weight excluding hydrogens is 269 g/mol. The first kappa shape index (κ1) is 15.5. The average Bonchev–Trinajstić information content (AvgIpc) is 2.47. The third-order valence-corrected chi connectivity index (χ3v) is 3.89. The number of hydrogen-bond acceptors (Lipinski definition) is 2. The van der Waals surface area contributed by atoms with Gasteiger partial charge in [-0.1, -0.05) is 18.8 Å². The van der Waals surface area contributed by atoms with Gasteiger partial charge in [0.05, 0.1) is 5.56 Å². The summed E-state index contributed by atoms with van der Waals surface area (Å²) < 4.78 is 14.1. The lowest BCUT2D eigenvalue weighted by Gasteiger charge is -2.36. The van der Waals surface area contributed by atoms with Crippen LogP contribution in [0.2, 0.25) is 0 Å². The van der Waals surface area contributed by atoms with Crippen LogP contribution in [0, 0.1) is 23.6 Å². The summed E-state index contributed by atoms with van der Waals surface area (Å²) in [5, 5.41) is 8.64. The van der Waals surface area contributed by atoms with Crippen molar-refractivity contribution in [3.63, 3.8) is 0 Å². The highest BCUT2D eigenvalue weighted by molar-refractivity contribution is 5.95. The van der Waals surface area contributed by atoms with Gasteiger partial charge < -0.3 is 10.0 Å². The van der Waals surface area contributed by atoms with Crippen molar-refractivity contribution in [2.24, 2.45) is 5.92 Å². The van der Waals surface area contributed by atoms with Crippen LogP contribution in [-0.4, -0.2) is 35.1 Å². The first-order valence-electron chi connectivity index (χ1n) is 7.23. The van der Waals surface area contributed by atoms with E-state index in [0.717, 1.165) is 12.8 Å². The van der Waals surface area contributed by atoms with Crippen molar-refractivity contribution < 1.29 is 14.3 Å². The minimum atomic E-state index is -0.560. The highest BCUT2D eigenvalue weighted by Gasteiger charge is 2.28. The SMILES string of the molecule is CC1CCC(C)N(C(=O)c2ccc(C#CCO)cc2F)C1. The monoisotopic (exact) mass is 289 g/mol.